The molecule has 0 spiro atoms. The number of hydrogen-bond acceptors (Lipinski definition) is 5. The van der Waals surface area contributed by atoms with Gasteiger partial charge >= 0.3 is 11.8 Å². The van der Waals surface area contributed by atoms with Gasteiger partial charge in [-0.15, -0.1) is 0 Å². The molecule has 0 aromatic heterocycles. The summed E-state index contributed by atoms with van der Waals surface area (Å²) >= 11 is 0. The molecule has 2 rings (SSSR count). The minimum absolute atomic E-state index is 0.0414. The summed E-state index contributed by atoms with van der Waals surface area (Å²) in [7, 11) is 1.42. The van der Waals surface area contributed by atoms with Crippen LogP contribution in [0.2, 0.25) is 0 Å². The van der Waals surface area contributed by atoms with Crippen molar-refractivity contribution in [2.45, 2.75) is 32.8 Å². The lowest BCUT2D eigenvalue weighted by Gasteiger charge is -2.39. The van der Waals surface area contributed by atoms with E-state index in [0.717, 1.165) is 12.0 Å². The first-order valence-electron chi connectivity index (χ1n) is 7.49. The molecule has 1 aliphatic heterocycles. The minimum atomic E-state index is -0.492. The van der Waals surface area contributed by atoms with Crippen molar-refractivity contribution in [3.05, 3.63) is 33.9 Å². The number of nitro groups is 1. The molecule has 1 aromatic rings. The fraction of sp³-hybridized carbons (Fsp3) is 0.562. The number of carbonyl (C=O) groups is 1. The number of carbonyl (C=O) groups excluding carboxylic acids is 1. The first-order valence-corrected chi connectivity index (χ1v) is 7.49. The van der Waals surface area contributed by atoms with Gasteiger partial charge in [0.2, 0.25) is 0 Å². The highest BCUT2D eigenvalue weighted by Crippen LogP contribution is 2.30. The molecule has 1 amide bonds. The largest absolute Gasteiger partial charge is 0.490 e. The van der Waals surface area contributed by atoms with Gasteiger partial charge in [-0.05, 0) is 44.7 Å². The van der Waals surface area contributed by atoms with Gasteiger partial charge in [0.15, 0.2) is 5.75 Å². The predicted molar refractivity (Wildman–Crippen MR) is 84.6 cm³/mol. The number of ether oxygens (including phenoxy) is 2. The van der Waals surface area contributed by atoms with E-state index < -0.39 is 10.5 Å². The summed E-state index contributed by atoms with van der Waals surface area (Å²) in [6.07, 6.45) is 0.447. The number of hydrogen-bond donors (Lipinski definition) is 0. The quantitative estimate of drug-likeness (QED) is 0.628. The lowest BCUT2D eigenvalue weighted by atomic mass is 9.92. The number of nitrogens with zero attached hydrogens (tertiary/aromatic N) is 2. The summed E-state index contributed by atoms with van der Waals surface area (Å²) in [5, 5.41) is 10.9. The van der Waals surface area contributed by atoms with Crippen molar-refractivity contribution >= 4 is 11.8 Å². The van der Waals surface area contributed by atoms with Crippen molar-refractivity contribution in [2.75, 3.05) is 20.2 Å². The maximum absolute atomic E-state index is 11.9. The van der Waals surface area contributed by atoms with Gasteiger partial charge in [-0.1, -0.05) is 6.07 Å². The lowest BCUT2D eigenvalue weighted by molar-refractivity contribution is -0.385. The zero-order valence-electron chi connectivity index (χ0n) is 13.9. The highest BCUT2D eigenvalue weighted by atomic mass is 16.6. The Morgan fingerprint density at radius 3 is 2.57 bits per heavy atom. The summed E-state index contributed by atoms with van der Waals surface area (Å²) in [6, 6.07) is 4.88. The van der Waals surface area contributed by atoms with Gasteiger partial charge in [-0.25, -0.2) is 4.79 Å². The van der Waals surface area contributed by atoms with Gasteiger partial charge in [-0.3, -0.25) is 10.1 Å². The highest BCUT2D eigenvalue weighted by molar-refractivity contribution is 5.69. The fourth-order valence-corrected chi connectivity index (χ4v) is 2.51. The van der Waals surface area contributed by atoms with Crippen LogP contribution in [-0.4, -0.2) is 41.7 Å². The molecule has 0 N–H and O–H groups in total. The molecule has 1 fully saturated rings. The second kappa shape index (κ2) is 6.44. The topological polar surface area (TPSA) is 81.9 Å². The molecule has 0 aliphatic carbocycles. The summed E-state index contributed by atoms with van der Waals surface area (Å²) in [5.74, 6) is 0.588. The number of nitro benzene ring substituents is 1. The Hall–Kier alpha value is -2.31. The van der Waals surface area contributed by atoms with E-state index >= 15 is 0 Å². The van der Waals surface area contributed by atoms with Crippen LogP contribution in [0.1, 0.15) is 26.3 Å². The molecule has 0 radical (unpaired) electrons. The monoisotopic (exact) mass is 322 g/mol. The van der Waals surface area contributed by atoms with E-state index in [1.54, 1.807) is 17.0 Å². The van der Waals surface area contributed by atoms with E-state index in [1.807, 2.05) is 20.8 Å². The summed E-state index contributed by atoms with van der Waals surface area (Å²) in [6.45, 7) is 6.78. The van der Waals surface area contributed by atoms with Crippen molar-refractivity contribution in [3.8, 4) is 5.75 Å². The first-order chi connectivity index (χ1) is 10.7. The molecule has 0 atom stereocenters. The Morgan fingerprint density at radius 1 is 1.39 bits per heavy atom. The van der Waals surface area contributed by atoms with Crippen LogP contribution in [0.4, 0.5) is 10.5 Å². The number of rotatable bonds is 4. The van der Waals surface area contributed by atoms with Gasteiger partial charge in [0.05, 0.1) is 12.0 Å². The molecule has 0 bridgehead atoms. The SMILES string of the molecule is COc1cc(CC2CN(C(=O)OC(C)(C)C)C2)ccc1[N+](=O)[O-]. The Balaban J connectivity index is 1.91. The Labute approximate surface area is 135 Å². The van der Waals surface area contributed by atoms with Gasteiger partial charge < -0.3 is 14.4 Å². The molecular weight excluding hydrogens is 300 g/mol. The molecular formula is C16H22N2O5. The van der Waals surface area contributed by atoms with Crippen molar-refractivity contribution in [3.63, 3.8) is 0 Å². The molecule has 0 saturated carbocycles. The third kappa shape index (κ3) is 4.34. The van der Waals surface area contributed by atoms with Crippen LogP contribution >= 0.6 is 0 Å². The van der Waals surface area contributed by atoms with Gasteiger partial charge in [0.25, 0.3) is 0 Å². The average Bonchev–Trinajstić information content (AvgIpc) is 2.39. The smallest absolute Gasteiger partial charge is 0.410 e. The normalized spacial score (nSPS) is 15.0. The van der Waals surface area contributed by atoms with E-state index in [9.17, 15) is 14.9 Å². The van der Waals surface area contributed by atoms with Crippen LogP contribution in [0.5, 0.6) is 5.75 Å². The van der Waals surface area contributed by atoms with E-state index in [-0.39, 0.29) is 17.5 Å². The van der Waals surface area contributed by atoms with Crippen LogP contribution in [0.25, 0.3) is 0 Å². The summed E-state index contributed by atoms with van der Waals surface area (Å²) in [4.78, 5) is 24.0. The number of benzene rings is 1. The van der Waals surface area contributed by atoms with Crippen LogP contribution in [0.3, 0.4) is 0 Å². The molecule has 23 heavy (non-hydrogen) atoms. The summed E-state index contributed by atoms with van der Waals surface area (Å²) in [5.41, 5.74) is 0.426. The average molecular weight is 322 g/mol. The second-order valence-electron chi connectivity index (χ2n) is 6.72. The zero-order chi connectivity index (χ0) is 17.2. The third-order valence-electron chi connectivity index (χ3n) is 3.57. The standard InChI is InChI=1S/C16H22N2O5/c1-16(2,3)23-15(19)17-9-12(10-17)7-11-5-6-13(18(20)21)14(8-11)22-4/h5-6,8,12H,7,9-10H2,1-4H3. The van der Waals surface area contributed by atoms with E-state index in [2.05, 4.69) is 0 Å². The number of methoxy groups -OCH3 is 1. The van der Waals surface area contributed by atoms with Gasteiger partial charge in [0, 0.05) is 19.2 Å². The maximum atomic E-state index is 11.9. The van der Waals surface area contributed by atoms with Gasteiger partial charge in [-0.2, -0.15) is 0 Å². The molecule has 7 heteroatoms. The summed E-state index contributed by atoms with van der Waals surface area (Å²) < 4.78 is 10.4. The molecule has 7 nitrogen and oxygen atoms in total. The highest BCUT2D eigenvalue weighted by Gasteiger charge is 2.33. The zero-order valence-corrected chi connectivity index (χ0v) is 13.9. The molecule has 1 aliphatic rings. The predicted octanol–water partition coefficient (Wildman–Crippen LogP) is 3.01. The molecule has 1 saturated heterocycles. The number of amides is 1. The third-order valence-corrected chi connectivity index (χ3v) is 3.57. The Bertz CT molecular complexity index is 603. The van der Waals surface area contributed by atoms with E-state index in [0.29, 0.717) is 19.0 Å². The molecule has 1 aromatic carbocycles. The van der Waals surface area contributed by atoms with Crippen LogP contribution in [-0.2, 0) is 11.2 Å². The van der Waals surface area contributed by atoms with Crippen molar-refractivity contribution in [1.29, 1.82) is 0 Å². The Kier molecular flexibility index (Phi) is 4.77. The van der Waals surface area contributed by atoms with Crippen molar-refractivity contribution in [1.82, 2.24) is 4.90 Å². The number of likely N-dealkylation sites (tertiary alicyclic amines) is 1. The lowest BCUT2D eigenvalue weighted by Crippen LogP contribution is -2.52. The fourth-order valence-electron chi connectivity index (χ4n) is 2.51. The molecule has 126 valence electrons. The van der Waals surface area contributed by atoms with Crippen LogP contribution in [0.15, 0.2) is 18.2 Å². The van der Waals surface area contributed by atoms with E-state index in [4.69, 9.17) is 9.47 Å². The first kappa shape index (κ1) is 17.1. The van der Waals surface area contributed by atoms with Gasteiger partial charge in [0.1, 0.15) is 5.60 Å². The van der Waals surface area contributed by atoms with E-state index in [1.165, 1.54) is 13.2 Å². The second-order valence-corrected chi connectivity index (χ2v) is 6.72. The molecule has 1 heterocycles. The maximum Gasteiger partial charge on any atom is 0.410 e. The van der Waals surface area contributed by atoms with Crippen LogP contribution < -0.4 is 4.74 Å². The van der Waals surface area contributed by atoms with Crippen molar-refractivity contribution in [2.24, 2.45) is 5.92 Å². The molecule has 0 unspecified atom stereocenters. The van der Waals surface area contributed by atoms with Crippen molar-refractivity contribution < 1.29 is 19.2 Å². The Morgan fingerprint density at radius 2 is 2.04 bits per heavy atom. The minimum Gasteiger partial charge on any atom is -0.490 e. The van der Waals surface area contributed by atoms with Crippen LogP contribution in [0, 0.1) is 16.0 Å².